The van der Waals surface area contributed by atoms with Crippen molar-refractivity contribution >= 4 is 12.0 Å². The van der Waals surface area contributed by atoms with Crippen LogP contribution in [0.4, 0.5) is 0 Å². The van der Waals surface area contributed by atoms with Crippen LogP contribution in [0.25, 0.3) is 6.08 Å². The Hall–Kier alpha value is -2.13. The van der Waals surface area contributed by atoms with Gasteiger partial charge in [0.15, 0.2) is 0 Å². The van der Waals surface area contributed by atoms with Gasteiger partial charge in [-0.1, -0.05) is 60.7 Å². The molecule has 0 aliphatic heterocycles. The lowest BCUT2D eigenvalue weighted by atomic mass is 10.1. The molecule has 0 saturated heterocycles. The summed E-state index contributed by atoms with van der Waals surface area (Å²) in [5.74, 6) is -0.360. The van der Waals surface area contributed by atoms with Gasteiger partial charge in [-0.25, -0.2) is 4.79 Å². The van der Waals surface area contributed by atoms with E-state index in [1.807, 2.05) is 36.4 Å². The molecule has 0 fully saturated rings. The van der Waals surface area contributed by atoms with Gasteiger partial charge in [0.2, 0.25) is 0 Å². The van der Waals surface area contributed by atoms with Crippen LogP contribution in [0.1, 0.15) is 18.9 Å². The van der Waals surface area contributed by atoms with Gasteiger partial charge in [0, 0.05) is 6.08 Å². The number of aliphatic hydroxyl groups is 1. The Bertz CT molecular complexity index is 472. The first kappa shape index (κ1) is 15.9. The summed E-state index contributed by atoms with van der Waals surface area (Å²) in [6, 6.07) is 9.80. The van der Waals surface area contributed by atoms with Gasteiger partial charge in [0.25, 0.3) is 0 Å². The van der Waals surface area contributed by atoms with E-state index in [4.69, 9.17) is 4.74 Å². The third-order valence-electron chi connectivity index (χ3n) is 2.45. The Morgan fingerprint density at radius 2 is 2.05 bits per heavy atom. The molecule has 106 valence electrons. The highest BCUT2D eigenvalue weighted by atomic mass is 16.5. The van der Waals surface area contributed by atoms with Crippen LogP contribution < -0.4 is 0 Å². The van der Waals surface area contributed by atoms with E-state index in [2.05, 4.69) is 0 Å². The van der Waals surface area contributed by atoms with E-state index in [0.29, 0.717) is 13.0 Å². The molecule has 1 aromatic carbocycles. The van der Waals surface area contributed by atoms with Gasteiger partial charge in [-0.15, -0.1) is 0 Å². The number of ether oxygens (including phenoxy) is 1. The normalized spacial score (nSPS) is 13.3. The smallest absolute Gasteiger partial charge is 0.330 e. The fourth-order valence-corrected chi connectivity index (χ4v) is 1.49. The number of rotatable bonds is 7. The summed E-state index contributed by atoms with van der Waals surface area (Å²) in [6.07, 6.45) is 10.1. The summed E-state index contributed by atoms with van der Waals surface area (Å²) in [6.45, 7) is 2.13. The Balaban J connectivity index is 2.31. The fraction of sp³-hybridized carbons (Fsp3) is 0.235. The summed E-state index contributed by atoms with van der Waals surface area (Å²) >= 11 is 0. The molecular weight excluding hydrogens is 252 g/mol. The average molecular weight is 272 g/mol. The molecule has 0 radical (unpaired) electrons. The minimum Gasteiger partial charge on any atom is -0.463 e. The number of hydrogen-bond donors (Lipinski definition) is 1. The Labute approximate surface area is 119 Å². The highest BCUT2D eigenvalue weighted by molar-refractivity contribution is 5.82. The molecule has 20 heavy (non-hydrogen) atoms. The van der Waals surface area contributed by atoms with Crippen molar-refractivity contribution in [1.82, 2.24) is 0 Å². The maximum absolute atomic E-state index is 11.0. The molecule has 3 heteroatoms. The summed E-state index contributed by atoms with van der Waals surface area (Å²) in [5, 5.41) is 9.75. The van der Waals surface area contributed by atoms with Crippen LogP contribution in [0.5, 0.6) is 0 Å². The molecule has 1 N–H and O–H groups in total. The van der Waals surface area contributed by atoms with Crippen molar-refractivity contribution < 1.29 is 14.6 Å². The third kappa shape index (κ3) is 7.34. The Morgan fingerprint density at radius 3 is 2.75 bits per heavy atom. The fourth-order valence-electron chi connectivity index (χ4n) is 1.49. The van der Waals surface area contributed by atoms with Crippen LogP contribution in [-0.2, 0) is 9.53 Å². The number of benzene rings is 1. The number of esters is 1. The van der Waals surface area contributed by atoms with Crippen molar-refractivity contribution in [2.24, 2.45) is 0 Å². The van der Waals surface area contributed by atoms with Crippen molar-refractivity contribution in [3.05, 3.63) is 66.3 Å². The first-order chi connectivity index (χ1) is 9.72. The average Bonchev–Trinajstić information content (AvgIpc) is 2.46. The van der Waals surface area contributed by atoms with Crippen LogP contribution in [0, 0.1) is 0 Å². The van der Waals surface area contributed by atoms with Gasteiger partial charge in [0.05, 0.1) is 12.7 Å². The molecular formula is C17H20O3. The number of aliphatic hydroxyl groups excluding tert-OH is 1. The molecule has 1 unspecified atom stereocenters. The largest absolute Gasteiger partial charge is 0.463 e. The molecule has 0 amide bonds. The van der Waals surface area contributed by atoms with Crippen molar-refractivity contribution in [3.63, 3.8) is 0 Å². The molecule has 0 bridgehead atoms. The number of carbonyl (C=O) groups excluding carboxylic acids is 1. The van der Waals surface area contributed by atoms with Crippen LogP contribution in [0.3, 0.4) is 0 Å². The zero-order valence-electron chi connectivity index (χ0n) is 11.6. The summed E-state index contributed by atoms with van der Waals surface area (Å²) < 4.78 is 4.74. The van der Waals surface area contributed by atoms with E-state index >= 15 is 0 Å². The van der Waals surface area contributed by atoms with E-state index in [-0.39, 0.29) is 5.97 Å². The SMILES string of the molecule is CCOC(=O)/C=C/C=C\CC(O)/C=C/c1ccccc1. The number of hydrogen-bond acceptors (Lipinski definition) is 3. The molecule has 0 saturated carbocycles. The summed E-state index contributed by atoms with van der Waals surface area (Å²) in [7, 11) is 0. The zero-order chi connectivity index (χ0) is 14.6. The highest BCUT2D eigenvalue weighted by Gasteiger charge is 1.95. The van der Waals surface area contributed by atoms with E-state index in [9.17, 15) is 9.90 Å². The lowest BCUT2D eigenvalue weighted by molar-refractivity contribution is -0.137. The maximum Gasteiger partial charge on any atom is 0.330 e. The van der Waals surface area contributed by atoms with E-state index in [1.165, 1.54) is 6.08 Å². The van der Waals surface area contributed by atoms with Gasteiger partial charge in [-0.2, -0.15) is 0 Å². The van der Waals surface area contributed by atoms with Crippen LogP contribution >= 0.6 is 0 Å². The van der Waals surface area contributed by atoms with Crippen LogP contribution in [-0.4, -0.2) is 23.8 Å². The predicted octanol–water partition coefficient (Wildman–Crippen LogP) is 3.13. The topological polar surface area (TPSA) is 46.5 Å². The second-order valence-corrected chi connectivity index (χ2v) is 4.11. The standard InChI is InChI=1S/C17H20O3/c1-2-20-17(19)12-8-4-7-11-16(18)14-13-15-9-5-3-6-10-15/h3-10,12-14,16,18H,2,11H2,1H3/b7-4-,12-8+,14-13+. The molecule has 1 aromatic rings. The molecule has 0 heterocycles. The van der Waals surface area contributed by atoms with Gasteiger partial charge in [-0.05, 0) is 18.9 Å². The zero-order valence-corrected chi connectivity index (χ0v) is 11.6. The van der Waals surface area contributed by atoms with Gasteiger partial charge in [-0.3, -0.25) is 0 Å². The van der Waals surface area contributed by atoms with Crippen LogP contribution in [0.15, 0.2) is 60.7 Å². The van der Waals surface area contributed by atoms with E-state index < -0.39 is 6.10 Å². The minimum atomic E-state index is -0.539. The Morgan fingerprint density at radius 1 is 1.30 bits per heavy atom. The van der Waals surface area contributed by atoms with Crippen molar-refractivity contribution in [1.29, 1.82) is 0 Å². The van der Waals surface area contributed by atoms with E-state index in [0.717, 1.165) is 5.56 Å². The second kappa shape index (κ2) is 9.75. The Kier molecular flexibility index (Phi) is 7.77. The first-order valence-electron chi connectivity index (χ1n) is 6.63. The first-order valence-corrected chi connectivity index (χ1v) is 6.63. The molecule has 1 atom stereocenters. The van der Waals surface area contributed by atoms with Crippen molar-refractivity contribution in [3.8, 4) is 0 Å². The van der Waals surface area contributed by atoms with Gasteiger partial charge < -0.3 is 9.84 Å². The molecule has 3 nitrogen and oxygen atoms in total. The van der Waals surface area contributed by atoms with Gasteiger partial charge >= 0.3 is 5.97 Å². The van der Waals surface area contributed by atoms with Crippen LogP contribution in [0.2, 0.25) is 0 Å². The monoisotopic (exact) mass is 272 g/mol. The lowest BCUT2D eigenvalue weighted by Crippen LogP contribution is -1.99. The number of allylic oxidation sites excluding steroid dienone is 2. The number of carbonyl (C=O) groups is 1. The highest BCUT2D eigenvalue weighted by Crippen LogP contribution is 2.04. The molecule has 0 spiro atoms. The molecule has 0 aliphatic carbocycles. The molecule has 1 rings (SSSR count). The summed E-state index contributed by atoms with van der Waals surface area (Å²) in [5.41, 5.74) is 1.05. The predicted molar refractivity (Wildman–Crippen MR) is 81.0 cm³/mol. The summed E-state index contributed by atoms with van der Waals surface area (Å²) in [4.78, 5) is 11.0. The van der Waals surface area contributed by atoms with Crippen molar-refractivity contribution in [2.75, 3.05) is 6.61 Å². The maximum atomic E-state index is 11.0. The van der Waals surface area contributed by atoms with Crippen molar-refractivity contribution in [2.45, 2.75) is 19.4 Å². The quantitative estimate of drug-likeness (QED) is 0.471. The third-order valence-corrected chi connectivity index (χ3v) is 2.45. The van der Waals surface area contributed by atoms with E-state index in [1.54, 1.807) is 31.2 Å². The molecule has 0 aliphatic rings. The minimum absolute atomic E-state index is 0.360. The second-order valence-electron chi connectivity index (χ2n) is 4.11. The van der Waals surface area contributed by atoms with Gasteiger partial charge in [0.1, 0.15) is 0 Å². The lowest BCUT2D eigenvalue weighted by Gasteiger charge is -2.00. The molecule has 0 aromatic heterocycles.